The molecule has 1 saturated carbocycles. The van der Waals surface area contributed by atoms with E-state index >= 15 is 0 Å². The summed E-state index contributed by atoms with van der Waals surface area (Å²) in [6, 6.07) is 0. The van der Waals surface area contributed by atoms with Gasteiger partial charge < -0.3 is 25.4 Å². The van der Waals surface area contributed by atoms with Gasteiger partial charge in [0.2, 0.25) is 5.91 Å². The van der Waals surface area contributed by atoms with Crippen LogP contribution in [0.25, 0.3) is 0 Å². The molecule has 1 saturated heterocycles. The van der Waals surface area contributed by atoms with Gasteiger partial charge in [0, 0.05) is 45.8 Å². The van der Waals surface area contributed by atoms with Crippen molar-refractivity contribution in [3.05, 3.63) is 0 Å². The zero-order valence-corrected chi connectivity index (χ0v) is 19.0. The van der Waals surface area contributed by atoms with Crippen LogP contribution in [0.1, 0.15) is 51.9 Å². The summed E-state index contributed by atoms with van der Waals surface area (Å²) in [5.74, 6) is 1.57. The molecule has 1 unspecified atom stereocenters. The van der Waals surface area contributed by atoms with Crippen LogP contribution in [0.15, 0.2) is 4.99 Å². The smallest absolute Gasteiger partial charge is 0.220 e. The Morgan fingerprint density at radius 2 is 1.93 bits per heavy atom. The lowest BCUT2D eigenvalue weighted by Crippen LogP contribution is -2.41. The normalized spacial score (nSPS) is 20.3. The van der Waals surface area contributed by atoms with Crippen molar-refractivity contribution < 1.29 is 14.3 Å². The molecule has 0 aromatic heterocycles. The van der Waals surface area contributed by atoms with E-state index in [4.69, 9.17) is 9.47 Å². The lowest BCUT2D eigenvalue weighted by Gasteiger charge is -2.13. The Balaban J connectivity index is 0.00000364. The standard InChI is InChI=1S/C19H36N4O3.HI/c1-2-20-19(22-9-5-12-26-17-8-13-25-15-17)23-11-10-21-18(24)14-16-6-3-4-7-16;/h16-17H,2-15H2,1H3,(H,21,24)(H2,20,22,23);1H. The predicted molar refractivity (Wildman–Crippen MR) is 119 cm³/mol. The zero-order chi connectivity index (χ0) is 18.5. The van der Waals surface area contributed by atoms with Crippen molar-refractivity contribution in [2.24, 2.45) is 10.9 Å². The summed E-state index contributed by atoms with van der Waals surface area (Å²) >= 11 is 0. The van der Waals surface area contributed by atoms with E-state index in [9.17, 15) is 4.79 Å². The van der Waals surface area contributed by atoms with Gasteiger partial charge in [0.05, 0.1) is 12.7 Å². The number of ether oxygens (including phenoxy) is 2. The molecule has 1 atom stereocenters. The van der Waals surface area contributed by atoms with E-state index in [1.807, 2.05) is 6.92 Å². The van der Waals surface area contributed by atoms with Gasteiger partial charge in [0.1, 0.15) is 0 Å². The van der Waals surface area contributed by atoms with Crippen molar-refractivity contribution in [2.75, 3.05) is 46.0 Å². The van der Waals surface area contributed by atoms with Crippen LogP contribution in [0.3, 0.4) is 0 Å². The third kappa shape index (κ3) is 11.1. The Morgan fingerprint density at radius 1 is 1.15 bits per heavy atom. The number of carbonyl (C=O) groups excluding carboxylic acids is 1. The van der Waals surface area contributed by atoms with Crippen molar-refractivity contribution >= 4 is 35.8 Å². The second kappa shape index (κ2) is 15.3. The highest BCUT2D eigenvalue weighted by Gasteiger charge is 2.18. The summed E-state index contributed by atoms with van der Waals surface area (Å²) < 4.78 is 11.0. The second-order valence-electron chi connectivity index (χ2n) is 7.10. The van der Waals surface area contributed by atoms with Crippen molar-refractivity contribution in [3.8, 4) is 0 Å². The zero-order valence-electron chi connectivity index (χ0n) is 16.6. The first-order chi connectivity index (χ1) is 12.8. The number of guanidine groups is 1. The highest BCUT2D eigenvalue weighted by atomic mass is 127. The number of amides is 1. The highest BCUT2D eigenvalue weighted by molar-refractivity contribution is 14.0. The van der Waals surface area contributed by atoms with E-state index in [-0.39, 0.29) is 36.0 Å². The lowest BCUT2D eigenvalue weighted by atomic mass is 10.0. The average Bonchev–Trinajstić information content (AvgIpc) is 3.32. The predicted octanol–water partition coefficient (Wildman–Crippen LogP) is 2.05. The van der Waals surface area contributed by atoms with Crippen LogP contribution in [0.4, 0.5) is 0 Å². The average molecular weight is 496 g/mol. The summed E-state index contributed by atoms with van der Waals surface area (Å²) in [6.45, 7) is 7.14. The summed E-state index contributed by atoms with van der Waals surface area (Å²) in [5.41, 5.74) is 0. The quantitative estimate of drug-likeness (QED) is 0.177. The third-order valence-electron chi connectivity index (χ3n) is 4.85. The van der Waals surface area contributed by atoms with E-state index in [1.165, 1.54) is 25.7 Å². The number of nitrogens with one attached hydrogen (secondary N) is 3. The third-order valence-corrected chi connectivity index (χ3v) is 4.85. The number of hydrogen-bond donors (Lipinski definition) is 3. The monoisotopic (exact) mass is 496 g/mol. The fourth-order valence-electron chi connectivity index (χ4n) is 3.42. The Kier molecular flexibility index (Phi) is 13.9. The molecule has 0 aromatic rings. The van der Waals surface area contributed by atoms with Crippen LogP contribution in [0.2, 0.25) is 0 Å². The summed E-state index contributed by atoms with van der Waals surface area (Å²) in [6.07, 6.45) is 7.81. The van der Waals surface area contributed by atoms with Crippen LogP contribution in [-0.2, 0) is 14.3 Å². The highest BCUT2D eigenvalue weighted by Crippen LogP contribution is 2.27. The van der Waals surface area contributed by atoms with Crippen LogP contribution in [0.5, 0.6) is 0 Å². The molecular weight excluding hydrogens is 459 g/mol. The van der Waals surface area contributed by atoms with E-state index in [0.717, 1.165) is 45.1 Å². The van der Waals surface area contributed by atoms with Gasteiger partial charge in [-0.15, -0.1) is 24.0 Å². The van der Waals surface area contributed by atoms with Gasteiger partial charge in [-0.25, -0.2) is 0 Å². The largest absolute Gasteiger partial charge is 0.379 e. The molecule has 2 rings (SSSR count). The van der Waals surface area contributed by atoms with E-state index in [1.54, 1.807) is 0 Å². The van der Waals surface area contributed by atoms with Crippen LogP contribution in [-0.4, -0.2) is 64.0 Å². The minimum Gasteiger partial charge on any atom is -0.379 e. The maximum absolute atomic E-state index is 11.9. The molecule has 1 amide bonds. The van der Waals surface area contributed by atoms with Gasteiger partial charge in [-0.05, 0) is 38.5 Å². The number of carbonyl (C=O) groups is 1. The number of nitrogens with zero attached hydrogens (tertiary/aromatic N) is 1. The van der Waals surface area contributed by atoms with Crippen LogP contribution >= 0.6 is 24.0 Å². The van der Waals surface area contributed by atoms with Gasteiger partial charge in [-0.3, -0.25) is 9.79 Å². The fraction of sp³-hybridized carbons (Fsp3) is 0.895. The van der Waals surface area contributed by atoms with Crippen molar-refractivity contribution in [2.45, 2.75) is 58.0 Å². The number of rotatable bonds is 11. The first-order valence-corrected chi connectivity index (χ1v) is 10.3. The van der Waals surface area contributed by atoms with Gasteiger partial charge >= 0.3 is 0 Å². The fourth-order valence-corrected chi connectivity index (χ4v) is 3.42. The summed E-state index contributed by atoms with van der Waals surface area (Å²) in [4.78, 5) is 16.5. The van der Waals surface area contributed by atoms with Crippen molar-refractivity contribution in [1.29, 1.82) is 0 Å². The molecule has 2 fully saturated rings. The second-order valence-corrected chi connectivity index (χ2v) is 7.10. The molecule has 0 radical (unpaired) electrons. The molecule has 0 bridgehead atoms. The summed E-state index contributed by atoms with van der Waals surface area (Å²) in [7, 11) is 0. The molecule has 2 aliphatic rings. The Bertz CT molecular complexity index is 425. The van der Waals surface area contributed by atoms with Gasteiger partial charge in [-0.2, -0.15) is 0 Å². The molecule has 158 valence electrons. The minimum atomic E-state index is 0. The number of hydrogen-bond acceptors (Lipinski definition) is 4. The molecule has 1 aliphatic carbocycles. The molecule has 0 aromatic carbocycles. The first kappa shape index (κ1) is 24.4. The molecule has 8 heteroatoms. The molecule has 0 spiro atoms. The molecule has 7 nitrogen and oxygen atoms in total. The number of halogens is 1. The van der Waals surface area contributed by atoms with Crippen LogP contribution in [0, 0.1) is 5.92 Å². The SMILES string of the molecule is CCNC(=NCCCOC1CCOC1)NCCNC(=O)CC1CCCC1.I. The lowest BCUT2D eigenvalue weighted by molar-refractivity contribution is -0.121. The molecule has 1 heterocycles. The van der Waals surface area contributed by atoms with Gasteiger partial charge in [0.25, 0.3) is 0 Å². The molecule has 1 aliphatic heterocycles. The Morgan fingerprint density at radius 3 is 2.63 bits per heavy atom. The van der Waals surface area contributed by atoms with E-state index in [0.29, 0.717) is 32.0 Å². The maximum atomic E-state index is 11.9. The maximum Gasteiger partial charge on any atom is 0.220 e. The van der Waals surface area contributed by atoms with Crippen molar-refractivity contribution in [3.63, 3.8) is 0 Å². The minimum absolute atomic E-state index is 0. The Hall–Kier alpha value is -0.610. The van der Waals surface area contributed by atoms with Gasteiger partial charge in [0.15, 0.2) is 5.96 Å². The first-order valence-electron chi connectivity index (χ1n) is 10.3. The van der Waals surface area contributed by atoms with E-state index in [2.05, 4.69) is 20.9 Å². The van der Waals surface area contributed by atoms with Crippen LogP contribution < -0.4 is 16.0 Å². The van der Waals surface area contributed by atoms with Crippen molar-refractivity contribution in [1.82, 2.24) is 16.0 Å². The number of aliphatic imine (C=N–C) groups is 1. The topological polar surface area (TPSA) is 84.0 Å². The molecule has 3 N–H and O–H groups in total. The van der Waals surface area contributed by atoms with Gasteiger partial charge in [-0.1, -0.05) is 12.8 Å². The van der Waals surface area contributed by atoms with E-state index < -0.39 is 0 Å². The molecule has 27 heavy (non-hydrogen) atoms. The molecular formula is C19H37IN4O3. The summed E-state index contributed by atoms with van der Waals surface area (Å²) in [5, 5.41) is 9.49. The Labute approximate surface area is 180 Å².